The van der Waals surface area contributed by atoms with Crippen LogP contribution in [-0.2, 0) is 4.74 Å². The Kier molecular flexibility index (Phi) is 6.16. The van der Waals surface area contributed by atoms with Gasteiger partial charge in [-0.3, -0.25) is 4.90 Å². The molecule has 0 fully saturated rings. The lowest BCUT2D eigenvalue weighted by Gasteiger charge is -2.31. The third kappa shape index (κ3) is 4.17. The monoisotopic (exact) mass is 482 g/mol. The molecule has 182 valence electrons. The quantitative estimate of drug-likeness (QED) is 0.338. The number of hydrogen-bond donors (Lipinski definition) is 1. The first-order chi connectivity index (χ1) is 17.5. The van der Waals surface area contributed by atoms with Crippen LogP contribution < -0.4 is 19.7 Å². The molecule has 0 atom stereocenters. The van der Waals surface area contributed by atoms with Crippen molar-refractivity contribution >= 4 is 45.6 Å². The van der Waals surface area contributed by atoms with Crippen molar-refractivity contribution in [2.24, 2.45) is 4.99 Å². The van der Waals surface area contributed by atoms with Crippen LogP contribution in [0.2, 0.25) is 0 Å². The average molecular weight is 483 g/mol. The zero-order valence-corrected chi connectivity index (χ0v) is 20.5. The lowest BCUT2D eigenvalue weighted by Crippen LogP contribution is -2.35. The Morgan fingerprint density at radius 2 is 1.61 bits per heavy atom. The number of aromatic nitrogens is 1. The number of rotatable bonds is 6. The fourth-order valence-corrected chi connectivity index (χ4v) is 4.16. The highest BCUT2D eigenvalue weighted by atomic mass is 16.5. The van der Waals surface area contributed by atoms with Gasteiger partial charge < -0.3 is 19.5 Å². The molecule has 1 aliphatic rings. The number of pyridine rings is 1. The van der Waals surface area contributed by atoms with Crippen LogP contribution in [0.5, 0.6) is 11.5 Å². The van der Waals surface area contributed by atoms with E-state index in [-0.39, 0.29) is 12.3 Å². The van der Waals surface area contributed by atoms with Crippen molar-refractivity contribution in [3.8, 4) is 11.5 Å². The summed E-state index contributed by atoms with van der Waals surface area (Å²) in [5.74, 6) is 2.14. The lowest BCUT2D eigenvalue weighted by atomic mass is 10.0. The molecule has 5 rings (SSSR count). The second-order valence-electron chi connectivity index (χ2n) is 8.20. The summed E-state index contributed by atoms with van der Waals surface area (Å²) in [4.78, 5) is 24.4. The summed E-state index contributed by atoms with van der Waals surface area (Å²) < 4.78 is 15.9. The summed E-state index contributed by atoms with van der Waals surface area (Å²) >= 11 is 0. The molecule has 0 unspecified atom stereocenters. The number of benzene rings is 3. The van der Waals surface area contributed by atoms with E-state index in [1.165, 1.54) is 0 Å². The number of nitrogens with zero attached hydrogens (tertiary/aromatic N) is 3. The van der Waals surface area contributed by atoms with E-state index in [4.69, 9.17) is 24.2 Å². The van der Waals surface area contributed by atoms with Crippen molar-refractivity contribution < 1.29 is 19.0 Å². The summed E-state index contributed by atoms with van der Waals surface area (Å²) in [5, 5.41) is 5.17. The highest BCUT2D eigenvalue weighted by Crippen LogP contribution is 2.42. The Labute approximate surface area is 209 Å². The Hall–Kier alpha value is -4.59. The molecule has 4 aromatic rings. The van der Waals surface area contributed by atoms with Gasteiger partial charge in [0.05, 0.1) is 37.6 Å². The van der Waals surface area contributed by atoms with Crippen LogP contribution in [0.15, 0.2) is 71.7 Å². The normalized spacial score (nSPS) is 12.2. The van der Waals surface area contributed by atoms with Gasteiger partial charge in [0.1, 0.15) is 11.5 Å². The summed E-state index contributed by atoms with van der Waals surface area (Å²) in [7, 11) is 3.26. The molecule has 36 heavy (non-hydrogen) atoms. The van der Waals surface area contributed by atoms with Gasteiger partial charge in [-0.1, -0.05) is 6.07 Å². The van der Waals surface area contributed by atoms with E-state index in [9.17, 15) is 4.79 Å². The van der Waals surface area contributed by atoms with Gasteiger partial charge in [-0.15, -0.1) is 0 Å². The Balaban J connectivity index is 1.72. The van der Waals surface area contributed by atoms with E-state index in [1.807, 2.05) is 72.5 Å². The third-order valence-corrected chi connectivity index (χ3v) is 5.98. The Morgan fingerprint density at radius 3 is 2.25 bits per heavy atom. The minimum atomic E-state index is -0.470. The molecule has 1 aliphatic heterocycles. The maximum Gasteiger partial charge on any atom is 0.357 e. The molecule has 8 nitrogen and oxygen atoms in total. The van der Waals surface area contributed by atoms with E-state index >= 15 is 0 Å². The molecule has 2 heterocycles. The van der Waals surface area contributed by atoms with E-state index < -0.39 is 5.97 Å². The number of esters is 1. The first-order valence-electron chi connectivity index (χ1n) is 11.6. The number of nitrogens with one attached hydrogen (secondary N) is 1. The number of guanidine groups is 1. The maximum absolute atomic E-state index is 12.8. The molecule has 1 aromatic heterocycles. The smallest absolute Gasteiger partial charge is 0.357 e. The molecular formula is C28H26N4O4. The van der Waals surface area contributed by atoms with Crippen molar-refractivity contribution in [1.29, 1.82) is 0 Å². The van der Waals surface area contributed by atoms with E-state index in [0.29, 0.717) is 11.8 Å². The van der Waals surface area contributed by atoms with Crippen molar-refractivity contribution in [2.75, 3.05) is 31.0 Å². The second kappa shape index (κ2) is 9.58. The number of aryl methyl sites for hydroxylation is 1. The predicted octanol–water partition coefficient (Wildman–Crippen LogP) is 5.99. The Bertz CT molecular complexity index is 1460. The zero-order chi connectivity index (χ0) is 25.2. The lowest BCUT2D eigenvalue weighted by molar-refractivity contribution is 0.0520. The van der Waals surface area contributed by atoms with Gasteiger partial charge in [0, 0.05) is 5.69 Å². The van der Waals surface area contributed by atoms with Gasteiger partial charge in [-0.05, 0) is 85.5 Å². The Morgan fingerprint density at radius 1 is 0.944 bits per heavy atom. The first-order valence-corrected chi connectivity index (χ1v) is 11.6. The number of anilines is 3. The molecule has 1 N–H and O–H groups in total. The molecule has 0 saturated heterocycles. The van der Waals surface area contributed by atoms with Gasteiger partial charge >= 0.3 is 5.97 Å². The van der Waals surface area contributed by atoms with Gasteiger partial charge in [0.25, 0.3) is 0 Å². The molecule has 0 radical (unpaired) electrons. The van der Waals surface area contributed by atoms with Crippen LogP contribution in [-0.4, -0.2) is 37.7 Å². The van der Waals surface area contributed by atoms with Crippen LogP contribution in [0.3, 0.4) is 0 Å². The van der Waals surface area contributed by atoms with E-state index in [2.05, 4.69) is 5.32 Å². The molecule has 3 aromatic carbocycles. The third-order valence-electron chi connectivity index (χ3n) is 5.98. The van der Waals surface area contributed by atoms with Gasteiger partial charge in [-0.2, -0.15) is 0 Å². The highest BCUT2D eigenvalue weighted by Gasteiger charge is 2.29. The fraction of sp³-hybridized carbons (Fsp3) is 0.179. The topological polar surface area (TPSA) is 85.3 Å². The SMILES string of the molecule is CCOC(=O)c1cc2c(C)ccc3c2c(n1)N(c1ccc(OC)cc1)C(Nc1ccc(OC)cc1)=N3. The van der Waals surface area contributed by atoms with Crippen LogP contribution in [0, 0.1) is 6.92 Å². The van der Waals surface area contributed by atoms with Crippen LogP contribution in [0.1, 0.15) is 23.0 Å². The standard InChI is InChI=1S/C28H26N4O4/c1-5-36-27(33)24-16-22-17(2)6-15-23-25(22)26(30-24)32(19-9-13-21(35-4)14-10-19)28(31-23)29-18-7-11-20(34-3)12-8-18/h6-16H,5H2,1-4H3,(H,29,31). The number of ether oxygens (including phenoxy) is 3. The summed E-state index contributed by atoms with van der Waals surface area (Å²) in [5.41, 5.74) is 3.64. The van der Waals surface area contributed by atoms with Gasteiger partial charge in [0.2, 0.25) is 5.96 Å². The number of carbonyl (C=O) groups excluding carboxylic acids is 1. The second-order valence-corrected chi connectivity index (χ2v) is 8.20. The summed E-state index contributed by atoms with van der Waals surface area (Å²) in [6.45, 7) is 4.05. The van der Waals surface area contributed by atoms with Gasteiger partial charge in [0.15, 0.2) is 11.5 Å². The maximum atomic E-state index is 12.8. The molecule has 0 aliphatic carbocycles. The zero-order valence-electron chi connectivity index (χ0n) is 20.5. The molecule has 0 saturated carbocycles. The van der Waals surface area contributed by atoms with Crippen LogP contribution in [0.25, 0.3) is 10.8 Å². The summed E-state index contributed by atoms with van der Waals surface area (Å²) in [6, 6.07) is 20.9. The number of aliphatic imine (C=N–C) groups is 1. The number of methoxy groups -OCH3 is 2. The van der Waals surface area contributed by atoms with Crippen molar-refractivity contribution in [1.82, 2.24) is 4.98 Å². The molecule has 0 amide bonds. The minimum absolute atomic E-state index is 0.240. The molecule has 0 spiro atoms. The van der Waals surface area contributed by atoms with Gasteiger partial charge in [-0.25, -0.2) is 14.8 Å². The van der Waals surface area contributed by atoms with Crippen LogP contribution >= 0.6 is 0 Å². The average Bonchev–Trinajstić information content (AvgIpc) is 2.91. The largest absolute Gasteiger partial charge is 0.497 e. The molecular weight excluding hydrogens is 456 g/mol. The molecule has 8 heteroatoms. The first kappa shape index (κ1) is 23.2. The van der Waals surface area contributed by atoms with E-state index in [1.54, 1.807) is 27.2 Å². The summed E-state index contributed by atoms with van der Waals surface area (Å²) in [6.07, 6.45) is 0. The molecule has 0 bridgehead atoms. The minimum Gasteiger partial charge on any atom is -0.497 e. The number of hydrogen-bond acceptors (Lipinski definition) is 8. The van der Waals surface area contributed by atoms with Crippen molar-refractivity contribution in [3.05, 3.63) is 78.0 Å². The highest BCUT2D eigenvalue weighted by molar-refractivity contribution is 6.21. The fourth-order valence-electron chi connectivity index (χ4n) is 4.16. The van der Waals surface area contributed by atoms with Crippen molar-refractivity contribution in [3.63, 3.8) is 0 Å². The van der Waals surface area contributed by atoms with E-state index in [0.717, 1.165) is 44.9 Å². The van der Waals surface area contributed by atoms with Crippen LogP contribution in [0.4, 0.5) is 22.9 Å². The number of carbonyl (C=O) groups is 1. The predicted molar refractivity (Wildman–Crippen MR) is 141 cm³/mol. The van der Waals surface area contributed by atoms with Crippen molar-refractivity contribution in [2.45, 2.75) is 13.8 Å².